The maximum Gasteiger partial charge on any atom is 0.220 e. The van der Waals surface area contributed by atoms with Gasteiger partial charge in [0.15, 0.2) is 0 Å². The first-order valence-corrected chi connectivity index (χ1v) is 4.57. The summed E-state index contributed by atoms with van der Waals surface area (Å²) in [5, 5.41) is 2.81. The van der Waals surface area contributed by atoms with Gasteiger partial charge in [-0.2, -0.15) is 0 Å². The molecule has 1 rings (SSSR count). The molecule has 0 aromatic carbocycles. The molecule has 1 amide bonds. The molecule has 1 heterocycles. The fourth-order valence-corrected chi connectivity index (χ4v) is 1.32. The molecule has 70 valence electrons. The Morgan fingerprint density at radius 1 is 1.67 bits per heavy atom. The van der Waals surface area contributed by atoms with E-state index in [-0.39, 0.29) is 12.0 Å². The van der Waals surface area contributed by atoms with Gasteiger partial charge in [0.2, 0.25) is 5.91 Å². The molecule has 1 N–H and O–H groups in total. The highest BCUT2D eigenvalue weighted by Crippen LogP contribution is 2.13. The van der Waals surface area contributed by atoms with E-state index in [9.17, 15) is 4.79 Å². The minimum atomic E-state index is 0.165. The van der Waals surface area contributed by atoms with E-state index in [1.54, 1.807) is 0 Å². The zero-order valence-corrected chi connectivity index (χ0v) is 7.80. The molecule has 0 radical (unpaired) electrons. The van der Waals surface area contributed by atoms with E-state index in [1.165, 1.54) is 0 Å². The number of rotatable bonds is 3. The second kappa shape index (κ2) is 4.45. The van der Waals surface area contributed by atoms with Crippen LogP contribution in [0.3, 0.4) is 0 Å². The minimum Gasteiger partial charge on any atom is -0.378 e. The Bertz CT molecular complexity index is 157. The number of amides is 1. The Morgan fingerprint density at radius 3 is 3.00 bits per heavy atom. The van der Waals surface area contributed by atoms with E-state index in [2.05, 4.69) is 5.32 Å². The van der Waals surface area contributed by atoms with E-state index < -0.39 is 0 Å². The van der Waals surface area contributed by atoms with Crippen molar-refractivity contribution in [2.45, 2.75) is 32.8 Å². The summed E-state index contributed by atoms with van der Waals surface area (Å²) in [6.45, 7) is 5.57. The van der Waals surface area contributed by atoms with Crippen LogP contribution < -0.4 is 5.32 Å². The summed E-state index contributed by atoms with van der Waals surface area (Å²) in [5.41, 5.74) is 0. The average Bonchev–Trinajstić information content (AvgIpc) is 2.01. The first-order valence-electron chi connectivity index (χ1n) is 4.57. The van der Waals surface area contributed by atoms with Crippen molar-refractivity contribution in [3.8, 4) is 0 Å². The van der Waals surface area contributed by atoms with Crippen molar-refractivity contribution in [1.29, 1.82) is 0 Å². The van der Waals surface area contributed by atoms with Crippen molar-refractivity contribution in [3.05, 3.63) is 0 Å². The highest BCUT2D eigenvalue weighted by molar-refractivity contribution is 5.76. The first-order chi connectivity index (χ1) is 5.68. The predicted octanol–water partition coefficient (Wildman–Crippen LogP) is 0.938. The Hall–Kier alpha value is -0.570. The van der Waals surface area contributed by atoms with Crippen molar-refractivity contribution in [1.82, 2.24) is 5.32 Å². The summed E-state index contributed by atoms with van der Waals surface area (Å²) in [6.07, 6.45) is 1.96. The molecule has 1 aliphatic heterocycles. The molecule has 0 aliphatic carbocycles. The van der Waals surface area contributed by atoms with Gasteiger partial charge in [0.05, 0.1) is 12.7 Å². The van der Waals surface area contributed by atoms with Crippen LogP contribution in [0.1, 0.15) is 26.7 Å². The lowest BCUT2D eigenvalue weighted by Gasteiger charge is -2.22. The number of carbonyl (C=O) groups is 1. The summed E-state index contributed by atoms with van der Waals surface area (Å²) < 4.78 is 5.45. The zero-order valence-electron chi connectivity index (χ0n) is 7.80. The van der Waals surface area contributed by atoms with Crippen LogP contribution in [0.15, 0.2) is 0 Å². The van der Waals surface area contributed by atoms with Crippen molar-refractivity contribution >= 4 is 5.91 Å². The maximum absolute atomic E-state index is 11.0. The topological polar surface area (TPSA) is 38.3 Å². The number of piperidine rings is 1. The van der Waals surface area contributed by atoms with E-state index in [0.29, 0.717) is 12.3 Å². The third-order valence-corrected chi connectivity index (χ3v) is 2.01. The van der Waals surface area contributed by atoms with Gasteiger partial charge in [-0.15, -0.1) is 0 Å². The van der Waals surface area contributed by atoms with Gasteiger partial charge < -0.3 is 10.1 Å². The smallest absolute Gasteiger partial charge is 0.220 e. The Kier molecular flexibility index (Phi) is 3.53. The maximum atomic E-state index is 11.0. The minimum absolute atomic E-state index is 0.165. The molecule has 3 nitrogen and oxygen atoms in total. The number of nitrogens with one attached hydrogen (secondary N) is 1. The fourth-order valence-electron chi connectivity index (χ4n) is 1.32. The van der Waals surface area contributed by atoms with Crippen LogP contribution in [0, 0.1) is 5.92 Å². The highest BCUT2D eigenvalue weighted by Gasteiger charge is 2.18. The molecular weight excluding hydrogens is 154 g/mol. The molecule has 3 heteroatoms. The number of hydrogen-bond acceptors (Lipinski definition) is 2. The van der Waals surface area contributed by atoms with Gasteiger partial charge in [-0.1, -0.05) is 0 Å². The lowest BCUT2D eigenvalue weighted by Crippen LogP contribution is -2.35. The summed E-state index contributed by atoms with van der Waals surface area (Å²) in [4.78, 5) is 11.0. The molecule has 0 unspecified atom stereocenters. The molecule has 1 atom stereocenters. The van der Waals surface area contributed by atoms with Gasteiger partial charge in [0.25, 0.3) is 0 Å². The number of hydrogen-bond donors (Lipinski definition) is 1. The quantitative estimate of drug-likeness (QED) is 0.686. The first kappa shape index (κ1) is 9.52. The Labute approximate surface area is 73.5 Å². The average molecular weight is 171 g/mol. The molecule has 0 spiro atoms. The third kappa shape index (κ3) is 3.22. The predicted molar refractivity (Wildman–Crippen MR) is 46.8 cm³/mol. The lowest BCUT2D eigenvalue weighted by atomic mass is 9.99. The van der Waals surface area contributed by atoms with Crippen LogP contribution in [0.25, 0.3) is 0 Å². The summed E-state index contributed by atoms with van der Waals surface area (Å²) in [7, 11) is 0. The largest absolute Gasteiger partial charge is 0.378 e. The van der Waals surface area contributed by atoms with Crippen LogP contribution in [-0.2, 0) is 9.53 Å². The van der Waals surface area contributed by atoms with Crippen molar-refractivity contribution < 1.29 is 9.53 Å². The van der Waals surface area contributed by atoms with Gasteiger partial charge in [0, 0.05) is 13.0 Å². The standard InChI is InChI=1S/C9H17NO2/c1-7(2)12-6-8-3-4-10-9(11)5-8/h7-8H,3-6H2,1-2H3,(H,10,11)/t8-/m0/s1. The molecule has 0 aromatic heterocycles. The molecular formula is C9H17NO2. The number of carbonyl (C=O) groups excluding carboxylic acids is 1. The third-order valence-electron chi connectivity index (χ3n) is 2.01. The van der Waals surface area contributed by atoms with Crippen LogP contribution in [0.4, 0.5) is 0 Å². The summed E-state index contributed by atoms with van der Waals surface area (Å²) in [6, 6.07) is 0. The molecule has 1 aliphatic rings. The van der Waals surface area contributed by atoms with Crippen LogP contribution >= 0.6 is 0 Å². The van der Waals surface area contributed by atoms with Gasteiger partial charge in [-0.3, -0.25) is 4.79 Å². The molecule has 1 saturated heterocycles. The molecule has 0 saturated carbocycles. The van der Waals surface area contributed by atoms with Gasteiger partial charge in [-0.25, -0.2) is 0 Å². The molecule has 1 fully saturated rings. The van der Waals surface area contributed by atoms with E-state index in [4.69, 9.17) is 4.74 Å². The van der Waals surface area contributed by atoms with Crippen LogP contribution in [-0.4, -0.2) is 25.2 Å². The Balaban J connectivity index is 2.18. The number of ether oxygens (including phenoxy) is 1. The van der Waals surface area contributed by atoms with E-state index in [0.717, 1.165) is 19.6 Å². The Morgan fingerprint density at radius 2 is 2.42 bits per heavy atom. The summed E-state index contributed by atoms with van der Waals surface area (Å²) in [5.74, 6) is 0.597. The SMILES string of the molecule is CC(C)OC[C@H]1CCNC(=O)C1. The molecule has 0 bridgehead atoms. The van der Waals surface area contributed by atoms with Crippen LogP contribution in [0.5, 0.6) is 0 Å². The van der Waals surface area contributed by atoms with Gasteiger partial charge >= 0.3 is 0 Å². The van der Waals surface area contributed by atoms with Crippen LogP contribution in [0.2, 0.25) is 0 Å². The van der Waals surface area contributed by atoms with E-state index in [1.807, 2.05) is 13.8 Å². The van der Waals surface area contributed by atoms with Crippen molar-refractivity contribution in [3.63, 3.8) is 0 Å². The molecule has 12 heavy (non-hydrogen) atoms. The summed E-state index contributed by atoms with van der Waals surface area (Å²) >= 11 is 0. The molecule has 0 aromatic rings. The zero-order chi connectivity index (χ0) is 8.97. The second-order valence-electron chi connectivity index (χ2n) is 3.59. The van der Waals surface area contributed by atoms with Gasteiger partial charge in [0.1, 0.15) is 0 Å². The van der Waals surface area contributed by atoms with E-state index >= 15 is 0 Å². The van der Waals surface area contributed by atoms with Gasteiger partial charge in [-0.05, 0) is 26.2 Å². The normalized spacial score (nSPS) is 24.2. The monoisotopic (exact) mass is 171 g/mol. The lowest BCUT2D eigenvalue weighted by molar-refractivity contribution is -0.124. The highest BCUT2D eigenvalue weighted by atomic mass is 16.5. The fraction of sp³-hybridized carbons (Fsp3) is 0.889. The van der Waals surface area contributed by atoms with Crippen molar-refractivity contribution in [2.24, 2.45) is 5.92 Å². The van der Waals surface area contributed by atoms with Crippen molar-refractivity contribution in [2.75, 3.05) is 13.2 Å². The second-order valence-corrected chi connectivity index (χ2v) is 3.59.